The van der Waals surface area contributed by atoms with E-state index >= 15 is 0 Å². The van der Waals surface area contributed by atoms with E-state index in [-0.39, 0.29) is 4.99 Å². The van der Waals surface area contributed by atoms with Crippen LogP contribution in [0.25, 0.3) is 0 Å². The number of anilines is 2. The first-order chi connectivity index (χ1) is 9.10. The first-order valence-corrected chi connectivity index (χ1v) is 6.18. The van der Waals surface area contributed by atoms with Gasteiger partial charge in [0.05, 0.1) is 12.8 Å². The first kappa shape index (κ1) is 13.3. The Morgan fingerprint density at radius 2 is 2.00 bits per heavy atom. The van der Waals surface area contributed by atoms with Crippen molar-refractivity contribution in [3.63, 3.8) is 0 Å². The monoisotopic (exact) mass is 273 g/mol. The minimum Gasteiger partial charge on any atom is -0.496 e. The highest BCUT2D eigenvalue weighted by molar-refractivity contribution is 7.80. The molecular weight excluding hydrogens is 258 g/mol. The molecule has 0 spiro atoms. The highest BCUT2D eigenvalue weighted by Crippen LogP contribution is 2.24. The highest BCUT2D eigenvalue weighted by Gasteiger charge is 2.02. The van der Waals surface area contributed by atoms with Crippen molar-refractivity contribution in [3.8, 4) is 5.75 Å². The van der Waals surface area contributed by atoms with Gasteiger partial charge in [0.1, 0.15) is 10.7 Å². The molecule has 98 valence electrons. The van der Waals surface area contributed by atoms with Crippen LogP contribution >= 0.6 is 12.2 Å². The number of thiocarbonyl (C=S) groups is 1. The van der Waals surface area contributed by atoms with Gasteiger partial charge in [-0.1, -0.05) is 12.2 Å². The Balaban J connectivity index is 2.23. The number of pyridine rings is 1. The lowest BCUT2D eigenvalue weighted by Crippen LogP contribution is -2.11. The standard InChI is InChI=1S/C14H15N3OS/c1-9-7-10(3-4-13(9)18-2)17-11-5-6-16-12(8-11)14(15)19/h3-8H,1-2H3,(H2,15,19)(H,16,17). The Kier molecular flexibility index (Phi) is 3.97. The van der Waals surface area contributed by atoms with Gasteiger partial charge in [-0.05, 0) is 42.8 Å². The summed E-state index contributed by atoms with van der Waals surface area (Å²) in [6.07, 6.45) is 1.67. The highest BCUT2D eigenvalue weighted by atomic mass is 32.1. The molecule has 3 N–H and O–H groups in total. The van der Waals surface area contributed by atoms with Crippen LogP contribution in [-0.4, -0.2) is 17.1 Å². The molecule has 0 aliphatic heterocycles. The number of rotatable bonds is 4. The summed E-state index contributed by atoms with van der Waals surface area (Å²) < 4.78 is 5.23. The smallest absolute Gasteiger partial charge is 0.122 e. The molecule has 0 fully saturated rings. The summed E-state index contributed by atoms with van der Waals surface area (Å²) in [5, 5.41) is 3.28. The number of hydrogen-bond acceptors (Lipinski definition) is 4. The predicted molar refractivity (Wildman–Crippen MR) is 81.1 cm³/mol. The molecule has 4 nitrogen and oxygen atoms in total. The average Bonchev–Trinajstić information content (AvgIpc) is 2.39. The predicted octanol–water partition coefficient (Wildman–Crippen LogP) is 2.78. The van der Waals surface area contributed by atoms with E-state index in [0.29, 0.717) is 5.69 Å². The molecule has 19 heavy (non-hydrogen) atoms. The zero-order valence-corrected chi connectivity index (χ0v) is 11.6. The van der Waals surface area contributed by atoms with Crippen molar-refractivity contribution in [2.75, 3.05) is 12.4 Å². The normalized spacial score (nSPS) is 10.0. The summed E-state index contributed by atoms with van der Waals surface area (Å²) in [5.41, 5.74) is 9.09. The number of aromatic nitrogens is 1. The molecule has 2 rings (SSSR count). The van der Waals surface area contributed by atoms with Gasteiger partial charge >= 0.3 is 0 Å². The summed E-state index contributed by atoms with van der Waals surface area (Å²) in [6.45, 7) is 2.00. The summed E-state index contributed by atoms with van der Waals surface area (Å²) in [7, 11) is 1.66. The third-order valence-corrected chi connectivity index (χ3v) is 2.91. The Morgan fingerprint density at radius 3 is 2.63 bits per heavy atom. The van der Waals surface area contributed by atoms with Crippen LogP contribution in [0.2, 0.25) is 0 Å². The number of methoxy groups -OCH3 is 1. The van der Waals surface area contributed by atoms with Crippen LogP contribution in [-0.2, 0) is 0 Å². The van der Waals surface area contributed by atoms with Gasteiger partial charge in [-0.25, -0.2) is 0 Å². The minimum atomic E-state index is 0.287. The van der Waals surface area contributed by atoms with Gasteiger partial charge < -0.3 is 15.8 Å². The van der Waals surface area contributed by atoms with E-state index in [1.165, 1.54) is 0 Å². The number of aryl methyl sites for hydroxylation is 1. The Morgan fingerprint density at radius 1 is 1.26 bits per heavy atom. The van der Waals surface area contributed by atoms with Crippen LogP contribution in [0, 0.1) is 6.92 Å². The largest absolute Gasteiger partial charge is 0.496 e. The molecule has 5 heteroatoms. The third kappa shape index (κ3) is 3.20. The third-order valence-electron chi connectivity index (χ3n) is 2.70. The van der Waals surface area contributed by atoms with Gasteiger partial charge in [-0.3, -0.25) is 4.98 Å². The number of hydrogen-bond donors (Lipinski definition) is 2. The van der Waals surface area contributed by atoms with Crippen molar-refractivity contribution in [2.45, 2.75) is 6.92 Å². The van der Waals surface area contributed by atoms with Crippen LogP contribution in [0.3, 0.4) is 0 Å². The maximum Gasteiger partial charge on any atom is 0.122 e. The summed E-state index contributed by atoms with van der Waals surface area (Å²) in [4.78, 5) is 4.39. The lowest BCUT2D eigenvalue weighted by Gasteiger charge is -2.10. The van der Waals surface area contributed by atoms with Crippen LogP contribution in [0.4, 0.5) is 11.4 Å². The molecule has 0 unspecified atom stereocenters. The molecule has 1 heterocycles. The molecule has 2 aromatic rings. The van der Waals surface area contributed by atoms with Crippen molar-refractivity contribution in [1.29, 1.82) is 0 Å². The molecule has 1 aromatic carbocycles. The second kappa shape index (κ2) is 5.67. The minimum absolute atomic E-state index is 0.287. The lowest BCUT2D eigenvalue weighted by molar-refractivity contribution is 0.412. The second-order valence-corrected chi connectivity index (χ2v) is 4.54. The van der Waals surface area contributed by atoms with Crippen molar-refractivity contribution in [1.82, 2.24) is 4.98 Å². The van der Waals surface area contributed by atoms with E-state index in [1.54, 1.807) is 13.3 Å². The average molecular weight is 273 g/mol. The van der Waals surface area contributed by atoms with E-state index in [0.717, 1.165) is 22.7 Å². The molecule has 0 amide bonds. The molecule has 1 aromatic heterocycles. The number of nitrogens with two attached hydrogens (primary N) is 1. The summed E-state index contributed by atoms with van der Waals surface area (Å²) in [6, 6.07) is 9.57. The van der Waals surface area contributed by atoms with Gasteiger partial charge in [0.2, 0.25) is 0 Å². The zero-order valence-electron chi connectivity index (χ0n) is 10.8. The van der Waals surface area contributed by atoms with Crippen LogP contribution in [0.1, 0.15) is 11.3 Å². The SMILES string of the molecule is COc1ccc(Nc2ccnc(C(N)=S)c2)cc1C. The first-order valence-electron chi connectivity index (χ1n) is 5.77. The van der Waals surface area contributed by atoms with Crippen molar-refractivity contribution >= 4 is 28.6 Å². The molecule has 0 saturated carbocycles. The van der Waals surface area contributed by atoms with Crippen LogP contribution in [0.15, 0.2) is 36.5 Å². The quantitative estimate of drug-likeness (QED) is 0.839. The fraction of sp³-hybridized carbons (Fsp3) is 0.143. The fourth-order valence-electron chi connectivity index (χ4n) is 1.77. The Hall–Kier alpha value is -2.14. The summed E-state index contributed by atoms with van der Waals surface area (Å²) >= 11 is 4.91. The summed E-state index contributed by atoms with van der Waals surface area (Å²) in [5.74, 6) is 0.865. The molecule has 0 atom stereocenters. The van der Waals surface area contributed by atoms with E-state index in [2.05, 4.69) is 10.3 Å². The van der Waals surface area contributed by atoms with Crippen molar-refractivity contribution < 1.29 is 4.74 Å². The lowest BCUT2D eigenvalue weighted by atomic mass is 10.2. The molecule has 0 aliphatic carbocycles. The van der Waals surface area contributed by atoms with E-state index in [9.17, 15) is 0 Å². The Bertz CT molecular complexity index is 613. The van der Waals surface area contributed by atoms with E-state index < -0.39 is 0 Å². The van der Waals surface area contributed by atoms with Crippen LogP contribution in [0.5, 0.6) is 5.75 Å². The second-order valence-electron chi connectivity index (χ2n) is 4.10. The molecule has 0 aliphatic rings. The van der Waals surface area contributed by atoms with Gasteiger partial charge in [0.25, 0.3) is 0 Å². The molecule has 0 saturated heterocycles. The van der Waals surface area contributed by atoms with Crippen LogP contribution < -0.4 is 15.8 Å². The maximum atomic E-state index is 5.56. The number of ether oxygens (including phenoxy) is 1. The van der Waals surface area contributed by atoms with Gasteiger partial charge in [-0.15, -0.1) is 0 Å². The van der Waals surface area contributed by atoms with Gasteiger partial charge in [-0.2, -0.15) is 0 Å². The number of benzene rings is 1. The van der Waals surface area contributed by atoms with Gasteiger partial charge in [0, 0.05) is 17.6 Å². The van der Waals surface area contributed by atoms with E-state index in [1.807, 2.05) is 37.3 Å². The van der Waals surface area contributed by atoms with Gasteiger partial charge in [0.15, 0.2) is 0 Å². The molecule has 0 bridgehead atoms. The van der Waals surface area contributed by atoms with E-state index in [4.69, 9.17) is 22.7 Å². The van der Waals surface area contributed by atoms with Crippen molar-refractivity contribution in [3.05, 3.63) is 47.8 Å². The van der Waals surface area contributed by atoms with Crippen molar-refractivity contribution in [2.24, 2.45) is 5.73 Å². The molecular formula is C14H15N3OS. The Labute approximate surface area is 117 Å². The molecule has 0 radical (unpaired) electrons. The topological polar surface area (TPSA) is 60.2 Å². The number of nitrogens with zero attached hydrogens (tertiary/aromatic N) is 1. The maximum absolute atomic E-state index is 5.56. The number of nitrogens with one attached hydrogen (secondary N) is 1. The zero-order chi connectivity index (χ0) is 13.8. The fourth-order valence-corrected chi connectivity index (χ4v) is 1.88.